The van der Waals surface area contributed by atoms with Gasteiger partial charge in [-0.3, -0.25) is 0 Å². The summed E-state index contributed by atoms with van der Waals surface area (Å²) in [4.78, 5) is 11.4. The van der Waals surface area contributed by atoms with Crippen LogP contribution in [0.25, 0.3) is 11.6 Å². The van der Waals surface area contributed by atoms with Gasteiger partial charge in [0.05, 0.1) is 12.7 Å². The molecular weight excluding hydrogens is 256 g/mol. The number of carbonyl (C=O) groups is 1. The van der Waals surface area contributed by atoms with Crippen LogP contribution in [0.1, 0.15) is 11.1 Å². The number of ether oxygens (including phenoxy) is 1. The largest absolute Gasteiger partial charge is 0.508 e. The summed E-state index contributed by atoms with van der Waals surface area (Å²) in [6.45, 7) is 0. The van der Waals surface area contributed by atoms with E-state index in [0.29, 0.717) is 16.9 Å². The number of methoxy groups -OCH3 is 1. The summed E-state index contributed by atoms with van der Waals surface area (Å²) < 4.78 is 5.09. The molecule has 0 bridgehead atoms. The highest BCUT2D eigenvalue weighted by atomic mass is 16.5. The fourth-order valence-electron chi connectivity index (χ4n) is 1.84. The molecule has 2 aromatic rings. The standard InChI is InChI=1S/C16H14O4/c1-20-14-7-3-5-12(10-14)15(16(18)19)9-11-4-2-6-13(17)8-11/h2-10,17H,1H3,(H,18,19)/b15-9+. The fourth-order valence-corrected chi connectivity index (χ4v) is 1.84. The highest BCUT2D eigenvalue weighted by molar-refractivity contribution is 6.20. The van der Waals surface area contributed by atoms with E-state index in [1.165, 1.54) is 25.3 Å². The normalized spacial score (nSPS) is 11.2. The number of carboxylic acid groups (broad SMARTS) is 1. The minimum Gasteiger partial charge on any atom is -0.508 e. The molecule has 2 aromatic carbocycles. The molecule has 0 atom stereocenters. The molecule has 0 aliphatic rings. The van der Waals surface area contributed by atoms with E-state index in [1.54, 1.807) is 36.4 Å². The van der Waals surface area contributed by atoms with Crippen molar-refractivity contribution in [1.29, 1.82) is 0 Å². The molecule has 0 unspecified atom stereocenters. The van der Waals surface area contributed by atoms with E-state index in [2.05, 4.69) is 0 Å². The maximum atomic E-state index is 11.4. The lowest BCUT2D eigenvalue weighted by Gasteiger charge is -2.06. The van der Waals surface area contributed by atoms with Gasteiger partial charge in [-0.1, -0.05) is 24.3 Å². The van der Waals surface area contributed by atoms with Crippen molar-refractivity contribution in [2.24, 2.45) is 0 Å². The van der Waals surface area contributed by atoms with Gasteiger partial charge in [-0.25, -0.2) is 4.79 Å². The minimum absolute atomic E-state index is 0.0918. The molecule has 0 aliphatic heterocycles. The number of aliphatic carboxylic acids is 1. The summed E-state index contributed by atoms with van der Waals surface area (Å²) in [7, 11) is 1.53. The van der Waals surface area contributed by atoms with Crippen LogP contribution in [0.2, 0.25) is 0 Å². The molecule has 4 heteroatoms. The topological polar surface area (TPSA) is 66.8 Å². The zero-order valence-electron chi connectivity index (χ0n) is 10.9. The van der Waals surface area contributed by atoms with Gasteiger partial charge in [0.2, 0.25) is 0 Å². The molecule has 0 amide bonds. The lowest BCUT2D eigenvalue weighted by atomic mass is 10.0. The van der Waals surface area contributed by atoms with Crippen LogP contribution in [-0.4, -0.2) is 23.3 Å². The molecule has 0 spiro atoms. The number of hydrogen-bond donors (Lipinski definition) is 2. The summed E-state index contributed by atoms with van der Waals surface area (Å²) >= 11 is 0. The van der Waals surface area contributed by atoms with Crippen molar-refractivity contribution in [3.63, 3.8) is 0 Å². The molecule has 0 saturated carbocycles. The van der Waals surface area contributed by atoms with Gasteiger partial charge in [0.1, 0.15) is 11.5 Å². The van der Waals surface area contributed by atoms with E-state index in [-0.39, 0.29) is 11.3 Å². The zero-order valence-corrected chi connectivity index (χ0v) is 10.9. The molecule has 2 rings (SSSR count). The third-order valence-corrected chi connectivity index (χ3v) is 2.79. The molecule has 0 saturated heterocycles. The summed E-state index contributed by atoms with van der Waals surface area (Å²) in [6, 6.07) is 13.3. The first-order valence-corrected chi connectivity index (χ1v) is 5.98. The maximum absolute atomic E-state index is 11.4. The van der Waals surface area contributed by atoms with Crippen molar-refractivity contribution >= 4 is 17.6 Å². The van der Waals surface area contributed by atoms with Gasteiger partial charge < -0.3 is 14.9 Å². The number of benzene rings is 2. The Bertz CT molecular complexity index is 659. The Kier molecular flexibility index (Phi) is 4.05. The number of carboxylic acids is 1. The quantitative estimate of drug-likeness (QED) is 0.662. The fraction of sp³-hybridized carbons (Fsp3) is 0.0625. The number of aromatic hydroxyl groups is 1. The molecule has 2 N–H and O–H groups in total. The van der Waals surface area contributed by atoms with E-state index in [0.717, 1.165) is 0 Å². The van der Waals surface area contributed by atoms with Gasteiger partial charge >= 0.3 is 5.97 Å². The molecule has 0 radical (unpaired) electrons. The monoisotopic (exact) mass is 270 g/mol. The van der Waals surface area contributed by atoms with Gasteiger partial charge in [-0.2, -0.15) is 0 Å². The van der Waals surface area contributed by atoms with E-state index in [1.807, 2.05) is 0 Å². The molecular formula is C16H14O4. The highest BCUT2D eigenvalue weighted by Crippen LogP contribution is 2.23. The summed E-state index contributed by atoms with van der Waals surface area (Å²) in [5, 5.41) is 18.8. The highest BCUT2D eigenvalue weighted by Gasteiger charge is 2.11. The molecule has 4 nitrogen and oxygen atoms in total. The summed E-state index contributed by atoms with van der Waals surface area (Å²) in [5.74, 6) is -0.360. The summed E-state index contributed by atoms with van der Waals surface area (Å²) in [5.41, 5.74) is 1.29. The SMILES string of the molecule is COc1cccc(/C(=C\c2cccc(O)c2)C(=O)O)c1. The lowest BCUT2D eigenvalue weighted by molar-refractivity contribution is -0.130. The third-order valence-electron chi connectivity index (χ3n) is 2.79. The van der Waals surface area contributed by atoms with Crippen LogP contribution >= 0.6 is 0 Å². The smallest absolute Gasteiger partial charge is 0.336 e. The first-order chi connectivity index (χ1) is 9.60. The summed E-state index contributed by atoms with van der Waals surface area (Å²) in [6.07, 6.45) is 1.51. The Morgan fingerprint density at radius 3 is 2.55 bits per heavy atom. The molecule has 0 heterocycles. The number of hydrogen-bond acceptors (Lipinski definition) is 3. The van der Waals surface area contributed by atoms with E-state index in [4.69, 9.17) is 4.74 Å². The van der Waals surface area contributed by atoms with Gasteiger partial charge in [0.25, 0.3) is 0 Å². The molecule has 20 heavy (non-hydrogen) atoms. The second-order valence-corrected chi connectivity index (χ2v) is 4.19. The first-order valence-electron chi connectivity index (χ1n) is 5.98. The Morgan fingerprint density at radius 1 is 1.15 bits per heavy atom. The zero-order chi connectivity index (χ0) is 14.5. The second-order valence-electron chi connectivity index (χ2n) is 4.19. The second kappa shape index (κ2) is 5.93. The number of rotatable bonds is 4. The van der Waals surface area contributed by atoms with Crippen molar-refractivity contribution in [2.75, 3.05) is 7.11 Å². The van der Waals surface area contributed by atoms with Gasteiger partial charge in [0, 0.05) is 0 Å². The van der Waals surface area contributed by atoms with Gasteiger partial charge in [-0.15, -0.1) is 0 Å². The third kappa shape index (κ3) is 3.17. The first kappa shape index (κ1) is 13.7. The Hall–Kier alpha value is -2.75. The number of phenolic OH excluding ortho intramolecular Hbond substituents is 1. The van der Waals surface area contributed by atoms with Crippen molar-refractivity contribution in [1.82, 2.24) is 0 Å². The van der Waals surface area contributed by atoms with Crippen LogP contribution in [0.4, 0.5) is 0 Å². The Labute approximate surface area is 116 Å². The van der Waals surface area contributed by atoms with Crippen LogP contribution < -0.4 is 4.74 Å². The molecule has 0 aromatic heterocycles. The van der Waals surface area contributed by atoms with Crippen molar-refractivity contribution in [3.8, 4) is 11.5 Å². The maximum Gasteiger partial charge on any atom is 0.336 e. The molecule has 102 valence electrons. The average molecular weight is 270 g/mol. The van der Waals surface area contributed by atoms with Crippen LogP contribution in [-0.2, 0) is 4.79 Å². The van der Waals surface area contributed by atoms with Gasteiger partial charge in [0.15, 0.2) is 0 Å². The van der Waals surface area contributed by atoms with Crippen molar-refractivity contribution < 1.29 is 19.7 Å². The van der Waals surface area contributed by atoms with Crippen LogP contribution in [0.5, 0.6) is 11.5 Å². The van der Waals surface area contributed by atoms with Crippen LogP contribution in [0.3, 0.4) is 0 Å². The Balaban J connectivity index is 2.48. The lowest BCUT2D eigenvalue weighted by Crippen LogP contribution is -2.00. The predicted octanol–water partition coefficient (Wildman–Crippen LogP) is 3.03. The number of phenols is 1. The average Bonchev–Trinajstić information content (AvgIpc) is 2.44. The van der Waals surface area contributed by atoms with Crippen molar-refractivity contribution in [3.05, 3.63) is 59.7 Å². The van der Waals surface area contributed by atoms with E-state index in [9.17, 15) is 15.0 Å². The molecule has 0 fully saturated rings. The van der Waals surface area contributed by atoms with Gasteiger partial charge in [-0.05, 0) is 41.5 Å². The van der Waals surface area contributed by atoms with Crippen molar-refractivity contribution in [2.45, 2.75) is 0 Å². The van der Waals surface area contributed by atoms with E-state index < -0.39 is 5.97 Å². The predicted molar refractivity (Wildman–Crippen MR) is 76.6 cm³/mol. The van der Waals surface area contributed by atoms with Crippen LogP contribution in [0.15, 0.2) is 48.5 Å². The molecule has 0 aliphatic carbocycles. The van der Waals surface area contributed by atoms with Crippen LogP contribution in [0, 0.1) is 0 Å². The van der Waals surface area contributed by atoms with E-state index >= 15 is 0 Å². The minimum atomic E-state index is -1.04. The Morgan fingerprint density at radius 2 is 1.90 bits per heavy atom.